The van der Waals surface area contributed by atoms with Crippen LogP contribution in [0, 0.1) is 5.41 Å². The van der Waals surface area contributed by atoms with Crippen molar-refractivity contribution in [2.75, 3.05) is 32.7 Å². The summed E-state index contributed by atoms with van der Waals surface area (Å²) in [5.74, 6) is 1.23. The van der Waals surface area contributed by atoms with Gasteiger partial charge in [-0.1, -0.05) is 49.4 Å². The van der Waals surface area contributed by atoms with Gasteiger partial charge in [0.2, 0.25) is 0 Å². The highest BCUT2D eigenvalue weighted by atomic mass is 16.3. The molecule has 1 aliphatic heterocycles. The van der Waals surface area contributed by atoms with E-state index in [2.05, 4.69) is 47.1 Å². The lowest BCUT2D eigenvalue weighted by atomic mass is 10.0. The smallest absolute Gasteiger partial charge is 0.128 e. The molecule has 4 heteroatoms. The van der Waals surface area contributed by atoms with Crippen molar-refractivity contribution in [3.05, 3.63) is 65.7 Å². The van der Waals surface area contributed by atoms with E-state index in [1.165, 1.54) is 5.56 Å². The summed E-state index contributed by atoms with van der Waals surface area (Å²) in [5, 5.41) is 17.9. The van der Waals surface area contributed by atoms with Gasteiger partial charge in [0.15, 0.2) is 0 Å². The molecule has 3 rings (SSSR count). The number of phenolic OH excluding ortho intramolecular Hbond substituents is 1. The van der Waals surface area contributed by atoms with Crippen LogP contribution in [0.15, 0.2) is 54.6 Å². The number of nitrogens with one attached hydrogen (secondary N) is 1. The van der Waals surface area contributed by atoms with Crippen LogP contribution < -0.4 is 0 Å². The fourth-order valence-electron chi connectivity index (χ4n) is 3.26. The topological polar surface area (TPSA) is 50.6 Å². The SMILES string of the molecule is CC(CN1CCN(C(=N)c2cccc(O)c2)CC1)c1ccccc1. The molecule has 0 aromatic heterocycles. The summed E-state index contributed by atoms with van der Waals surface area (Å²) in [4.78, 5) is 4.57. The number of aromatic hydroxyl groups is 1. The number of amidine groups is 1. The minimum atomic E-state index is 0.215. The Labute approximate surface area is 143 Å². The van der Waals surface area contributed by atoms with E-state index in [-0.39, 0.29) is 5.75 Å². The van der Waals surface area contributed by atoms with Gasteiger partial charge in [-0.2, -0.15) is 0 Å². The van der Waals surface area contributed by atoms with E-state index in [9.17, 15) is 5.11 Å². The van der Waals surface area contributed by atoms with Crippen LogP contribution in [0.4, 0.5) is 0 Å². The van der Waals surface area contributed by atoms with Crippen LogP contribution in [0.25, 0.3) is 0 Å². The molecule has 0 bridgehead atoms. The van der Waals surface area contributed by atoms with Crippen LogP contribution >= 0.6 is 0 Å². The predicted molar refractivity (Wildman–Crippen MR) is 97.8 cm³/mol. The lowest BCUT2D eigenvalue weighted by Gasteiger charge is -2.37. The first-order valence-corrected chi connectivity index (χ1v) is 8.53. The molecule has 2 N–H and O–H groups in total. The first-order valence-electron chi connectivity index (χ1n) is 8.53. The quantitative estimate of drug-likeness (QED) is 0.671. The molecule has 0 radical (unpaired) electrons. The van der Waals surface area contributed by atoms with Crippen molar-refractivity contribution >= 4 is 5.84 Å². The van der Waals surface area contributed by atoms with Gasteiger partial charge in [-0.15, -0.1) is 0 Å². The molecular formula is C20H25N3O. The van der Waals surface area contributed by atoms with E-state index in [4.69, 9.17) is 5.41 Å². The number of rotatable bonds is 4. The van der Waals surface area contributed by atoms with Gasteiger partial charge < -0.3 is 10.0 Å². The molecule has 2 aromatic rings. The Balaban J connectivity index is 1.53. The third-order valence-corrected chi connectivity index (χ3v) is 4.71. The second-order valence-electron chi connectivity index (χ2n) is 6.50. The maximum Gasteiger partial charge on any atom is 0.128 e. The highest BCUT2D eigenvalue weighted by molar-refractivity contribution is 5.96. The first kappa shape index (κ1) is 16.5. The monoisotopic (exact) mass is 323 g/mol. The Morgan fingerprint density at radius 2 is 1.75 bits per heavy atom. The molecule has 1 heterocycles. The van der Waals surface area contributed by atoms with Crippen molar-refractivity contribution < 1.29 is 5.11 Å². The van der Waals surface area contributed by atoms with E-state index in [0.29, 0.717) is 11.8 Å². The van der Waals surface area contributed by atoms with Gasteiger partial charge in [0, 0.05) is 38.3 Å². The average molecular weight is 323 g/mol. The van der Waals surface area contributed by atoms with Crippen molar-refractivity contribution in [2.45, 2.75) is 12.8 Å². The molecule has 0 aliphatic carbocycles. The van der Waals surface area contributed by atoms with Crippen molar-refractivity contribution in [1.29, 1.82) is 5.41 Å². The zero-order valence-corrected chi connectivity index (χ0v) is 14.2. The standard InChI is InChI=1S/C20H25N3O/c1-16(17-6-3-2-4-7-17)15-22-10-12-23(13-11-22)20(21)18-8-5-9-19(24)14-18/h2-9,14,16,21,24H,10-13,15H2,1H3. The Hall–Kier alpha value is -2.33. The number of benzene rings is 2. The third kappa shape index (κ3) is 3.95. The lowest BCUT2D eigenvalue weighted by molar-refractivity contribution is 0.175. The number of piperazine rings is 1. The van der Waals surface area contributed by atoms with Gasteiger partial charge in [0.1, 0.15) is 11.6 Å². The van der Waals surface area contributed by atoms with Crippen LogP contribution in [0.1, 0.15) is 24.0 Å². The summed E-state index contributed by atoms with van der Waals surface area (Å²) < 4.78 is 0. The Morgan fingerprint density at radius 1 is 1.04 bits per heavy atom. The van der Waals surface area contributed by atoms with Gasteiger partial charge >= 0.3 is 0 Å². The van der Waals surface area contributed by atoms with Crippen molar-refractivity contribution in [2.24, 2.45) is 0 Å². The van der Waals surface area contributed by atoms with Crippen molar-refractivity contribution in [1.82, 2.24) is 9.80 Å². The fraction of sp³-hybridized carbons (Fsp3) is 0.350. The maximum atomic E-state index is 9.59. The zero-order chi connectivity index (χ0) is 16.9. The van der Waals surface area contributed by atoms with Crippen molar-refractivity contribution in [3.63, 3.8) is 0 Å². The molecule has 1 unspecified atom stereocenters. The summed E-state index contributed by atoms with van der Waals surface area (Å²) >= 11 is 0. The molecule has 1 saturated heterocycles. The van der Waals surface area contributed by atoms with E-state index in [1.54, 1.807) is 18.2 Å². The number of nitrogens with zero attached hydrogens (tertiary/aromatic N) is 2. The van der Waals surface area contributed by atoms with Crippen LogP contribution in [0.5, 0.6) is 5.75 Å². The first-order chi connectivity index (χ1) is 11.6. The Bertz CT molecular complexity index is 678. The van der Waals surface area contributed by atoms with Crippen LogP contribution in [0.3, 0.4) is 0 Å². The molecule has 0 saturated carbocycles. The molecule has 0 spiro atoms. The Morgan fingerprint density at radius 3 is 2.42 bits per heavy atom. The van der Waals surface area contributed by atoms with E-state index in [0.717, 1.165) is 38.3 Å². The summed E-state index contributed by atoms with van der Waals surface area (Å²) in [6.07, 6.45) is 0. The molecule has 126 valence electrons. The highest BCUT2D eigenvalue weighted by Crippen LogP contribution is 2.18. The number of phenols is 1. The fourth-order valence-corrected chi connectivity index (χ4v) is 3.26. The largest absolute Gasteiger partial charge is 0.508 e. The molecule has 24 heavy (non-hydrogen) atoms. The molecular weight excluding hydrogens is 298 g/mol. The zero-order valence-electron chi connectivity index (χ0n) is 14.2. The van der Waals surface area contributed by atoms with Gasteiger partial charge in [0.25, 0.3) is 0 Å². The molecule has 2 aromatic carbocycles. The van der Waals surface area contributed by atoms with Gasteiger partial charge in [-0.25, -0.2) is 0 Å². The summed E-state index contributed by atoms with van der Waals surface area (Å²) in [5.41, 5.74) is 2.16. The lowest BCUT2D eigenvalue weighted by Crippen LogP contribution is -2.49. The minimum absolute atomic E-state index is 0.215. The van der Waals surface area contributed by atoms with Gasteiger partial charge in [-0.05, 0) is 23.6 Å². The molecule has 1 atom stereocenters. The van der Waals surface area contributed by atoms with Gasteiger partial charge in [-0.3, -0.25) is 10.3 Å². The maximum absolute atomic E-state index is 9.59. The molecule has 4 nitrogen and oxygen atoms in total. The van der Waals surface area contributed by atoms with Gasteiger partial charge in [0.05, 0.1) is 0 Å². The van der Waals surface area contributed by atoms with Crippen LogP contribution in [0.2, 0.25) is 0 Å². The van der Waals surface area contributed by atoms with Crippen molar-refractivity contribution in [3.8, 4) is 5.75 Å². The van der Waals surface area contributed by atoms with E-state index in [1.807, 2.05) is 6.07 Å². The third-order valence-electron chi connectivity index (χ3n) is 4.71. The summed E-state index contributed by atoms with van der Waals surface area (Å²) in [7, 11) is 0. The average Bonchev–Trinajstić information content (AvgIpc) is 2.62. The predicted octanol–water partition coefficient (Wildman–Crippen LogP) is 3.14. The van der Waals surface area contributed by atoms with Crippen LogP contribution in [-0.4, -0.2) is 53.5 Å². The number of hydrogen-bond donors (Lipinski definition) is 2. The van der Waals surface area contributed by atoms with E-state index >= 15 is 0 Å². The van der Waals surface area contributed by atoms with E-state index < -0.39 is 0 Å². The summed E-state index contributed by atoms with van der Waals surface area (Å²) in [6, 6.07) is 17.6. The molecule has 0 amide bonds. The normalized spacial score (nSPS) is 16.8. The Kier molecular flexibility index (Phi) is 5.16. The second-order valence-corrected chi connectivity index (χ2v) is 6.50. The molecule has 1 fully saturated rings. The minimum Gasteiger partial charge on any atom is -0.508 e. The highest BCUT2D eigenvalue weighted by Gasteiger charge is 2.21. The molecule has 1 aliphatic rings. The summed E-state index contributed by atoms with van der Waals surface area (Å²) in [6.45, 7) is 6.98. The number of hydrogen-bond acceptors (Lipinski definition) is 3. The second kappa shape index (κ2) is 7.49. The van der Waals surface area contributed by atoms with Crippen LogP contribution in [-0.2, 0) is 0 Å².